The molecule has 0 bridgehead atoms. The molecule has 1 unspecified atom stereocenters. The van der Waals surface area contributed by atoms with Crippen molar-refractivity contribution in [3.8, 4) is 0 Å². The molecule has 0 spiro atoms. The molecule has 0 amide bonds. The highest BCUT2D eigenvalue weighted by Gasteiger charge is 2.18. The lowest BCUT2D eigenvalue weighted by Gasteiger charge is -1.94. The van der Waals surface area contributed by atoms with Gasteiger partial charge in [0.25, 0.3) is 0 Å². The van der Waals surface area contributed by atoms with Gasteiger partial charge in [0.05, 0.1) is 0 Å². The lowest BCUT2D eigenvalue weighted by Crippen LogP contribution is -2.22. The molecule has 0 aromatic rings. The van der Waals surface area contributed by atoms with E-state index in [4.69, 9.17) is 5.11 Å². The number of nitrogens with zero attached hydrogens (tertiary/aromatic N) is 1. The second-order valence-electron chi connectivity index (χ2n) is 1.32. The molecular weight excluding hydrogens is 241 g/mol. The Morgan fingerprint density at radius 2 is 2.33 bits per heavy atom. The SMILES string of the molecule is O=C(O)C(I)C[N+](=O)[O-]. The molecule has 0 aromatic heterocycles. The summed E-state index contributed by atoms with van der Waals surface area (Å²) in [4.78, 5) is 18.9. The normalized spacial score (nSPS) is 12.6. The third-order valence-corrected chi connectivity index (χ3v) is 1.50. The number of hydrogen-bond acceptors (Lipinski definition) is 3. The predicted molar refractivity (Wildman–Crippen MR) is 37.3 cm³/mol. The van der Waals surface area contributed by atoms with Gasteiger partial charge in [0.2, 0.25) is 6.54 Å². The van der Waals surface area contributed by atoms with Crippen molar-refractivity contribution in [1.82, 2.24) is 0 Å². The molecule has 0 saturated heterocycles. The van der Waals surface area contributed by atoms with Crippen LogP contribution in [0.25, 0.3) is 0 Å². The monoisotopic (exact) mass is 245 g/mol. The van der Waals surface area contributed by atoms with Crippen molar-refractivity contribution in [2.24, 2.45) is 0 Å². The smallest absolute Gasteiger partial charge is 0.323 e. The molecule has 0 saturated carbocycles. The van der Waals surface area contributed by atoms with E-state index < -0.39 is 21.4 Å². The van der Waals surface area contributed by atoms with Gasteiger partial charge in [-0.15, -0.1) is 0 Å². The standard InChI is InChI=1S/C3H4INO4/c4-2(3(6)7)1-5(8)9/h2H,1H2,(H,6,7). The zero-order valence-corrected chi connectivity index (χ0v) is 6.44. The first-order chi connectivity index (χ1) is 4.04. The van der Waals surface area contributed by atoms with Gasteiger partial charge in [-0.05, 0) is 0 Å². The van der Waals surface area contributed by atoms with Crippen molar-refractivity contribution >= 4 is 28.6 Å². The summed E-state index contributed by atoms with van der Waals surface area (Å²) in [6.07, 6.45) is 0. The number of rotatable bonds is 3. The van der Waals surface area contributed by atoms with Crippen LogP contribution in [0.4, 0.5) is 0 Å². The second-order valence-corrected chi connectivity index (χ2v) is 2.82. The van der Waals surface area contributed by atoms with Crippen LogP contribution in [0.15, 0.2) is 0 Å². The summed E-state index contributed by atoms with van der Waals surface area (Å²) in [5.41, 5.74) is 0. The molecule has 0 radical (unpaired) electrons. The van der Waals surface area contributed by atoms with Gasteiger partial charge in [0.15, 0.2) is 3.92 Å². The fourth-order valence-electron chi connectivity index (χ4n) is 0.209. The molecule has 0 aliphatic heterocycles. The van der Waals surface area contributed by atoms with Gasteiger partial charge >= 0.3 is 5.97 Å². The zero-order valence-electron chi connectivity index (χ0n) is 4.28. The van der Waals surface area contributed by atoms with E-state index in [1.165, 1.54) is 22.6 Å². The highest BCUT2D eigenvalue weighted by atomic mass is 127. The Bertz CT molecular complexity index is 136. The van der Waals surface area contributed by atoms with Crippen LogP contribution in [0.1, 0.15) is 0 Å². The van der Waals surface area contributed by atoms with Crippen molar-refractivity contribution in [3.63, 3.8) is 0 Å². The summed E-state index contributed by atoms with van der Waals surface area (Å²) in [5, 5.41) is 17.8. The first kappa shape index (κ1) is 8.60. The number of carboxylic acids is 1. The minimum atomic E-state index is -1.15. The Morgan fingerprint density at radius 1 is 1.89 bits per heavy atom. The molecular formula is C3H4INO4. The van der Waals surface area contributed by atoms with Crippen LogP contribution in [0.5, 0.6) is 0 Å². The minimum absolute atomic E-state index is 0.518. The zero-order chi connectivity index (χ0) is 7.44. The van der Waals surface area contributed by atoms with E-state index in [0.717, 1.165) is 0 Å². The second kappa shape index (κ2) is 3.59. The van der Waals surface area contributed by atoms with E-state index in [1.54, 1.807) is 0 Å². The predicted octanol–water partition coefficient (Wildman–Crippen LogP) is 0.151. The maximum absolute atomic E-state index is 9.92. The molecule has 1 N–H and O–H groups in total. The number of aliphatic carboxylic acids is 1. The largest absolute Gasteiger partial charge is 0.480 e. The quantitative estimate of drug-likeness (QED) is 0.332. The van der Waals surface area contributed by atoms with E-state index in [2.05, 4.69) is 0 Å². The maximum Gasteiger partial charge on any atom is 0.323 e. The summed E-state index contributed by atoms with van der Waals surface area (Å²) < 4.78 is -0.919. The Hall–Kier alpha value is -0.400. The number of nitro groups is 1. The molecule has 52 valence electrons. The van der Waals surface area contributed by atoms with Gasteiger partial charge < -0.3 is 5.11 Å². The van der Waals surface area contributed by atoms with Gasteiger partial charge in [-0.1, -0.05) is 22.6 Å². The summed E-state index contributed by atoms with van der Waals surface area (Å²) >= 11 is 1.51. The summed E-state index contributed by atoms with van der Waals surface area (Å²) in [6.45, 7) is -0.518. The highest BCUT2D eigenvalue weighted by molar-refractivity contribution is 14.1. The lowest BCUT2D eigenvalue weighted by molar-refractivity contribution is -0.476. The number of halogens is 1. The third-order valence-electron chi connectivity index (χ3n) is 0.577. The topological polar surface area (TPSA) is 80.4 Å². The molecule has 5 nitrogen and oxygen atoms in total. The number of hydrogen-bond donors (Lipinski definition) is 1. The lowest BCUT2D eigenvalue weighted by atomic mass is 10.4. The van der Waals surface area contributed by atoms with Crippen LogP contribution >= 0.6 is 22.6 Å². The average molecular weight is 245 g/mol. The fraction of sp³-hybridized carbons (Fsp3) is 0.667. The molecule has 6 heteroatoms. The van der Waals surface area contributed by atoms with Crippen molar-refractivity contribution in [2.45, 2.75) is 3.92 Å². The molecule has 0 heterocycles. The fourth-order valence-corrected chi connectivity index (χ4v) is 0.531. The first-order valence-corrected chi connectivity index (χ1v) is 3.27. The Kier molecular flexibility index (Phi) is 3.43. The van der Waals surface area contributed by atoms with E-state index in [1.807, 2.05) is 0 Å². The van der Waals surface area contributed by atoms with Crippen LogP contribution in [0.3, 0.4) is 0 Å². The summed E-state index contributed by atoms with van der Waals surface area (Å²) in [5.74, 6) is -1.15. The maximum atomic E-state index is 9.92. The Balaban J connectivity index is 3.63. The molecule has 0 aliphatic carbocycles. The van der Waals surface area contributed by atoms with Crippen molar-refractivity contribution in [3.05, 3.63) is 10.1 Å². The number of carbonyl (C=O) groups is 1. The molecule has 1 atom stereocenters. The van der Waals surface area contributed by atoms with E-state index in [9.17, 15) is 14.9 Å². The summed E-state index contributed by atoms with van der Waals surface area (Å²) in [7, 11) is 0. The van der Waals surface area contributed by atoms with Gasteiger partial charge in [-0.25, -0.2) is 0 Å². The van der Waals surface area contributed by atoms with Crippen LogP contribution in [0.2, 0.25) is 0 Å². The summed E-state index contributed by atoms with van der Waals surface area (Å²) in [6, 6.07) is 0. The van der Waals surface area contributed by atoms with Gasteiger partial charge in [0, 0.05) is 4.92 Å². The van der Waals surface area contributed by atoms with E-state index in [0.29, 0.717) is 0 Å². The van der Waals surface area contributed by atoms with Gasteiger partial charge in [-0.3, -0.25) is 14.9 Å². The molecule has 0 aliphatic rings. The van der Waals surface area contributed by atoms with Crippen molar-refractivity contribution < 1.29 is 14.8 Å². The molecule has 9 heavy (non-hydrogen) atoms. The van der Waals surface area contributed by atoms with Crippen molar-refractivity contribution in [2.75, 3.05) is 6.54 Å². The van der Waals surface area contributed by atoms with Crippen LogP contribution in [-0.4, -0.2) is 26.5 Å². The van der Waals surface area contributed by atoms with Gasteiger partial charge in [-0.2, -0.15) is 0 Å². The highest BCUT2D eigenvalue weighted by Crippen LogP contribution is 1.99. The minimum Gasteiger partial charge on any atom is -0.480 e. The average Bonchev–Trinajstić information content (AvgIpc) is 1.63. The molecule has 0 aromatic carbocycles. The first-order valence-electron chi connectivity index (χ1n) is 2.02. The third kappa shape index (κ3) is 4.13. The Labute approximate surface area is 64.3 Å². The van der Waals surface area contributed by atoms with E-state index in [-0.39, 0.29) is 0 Å². The number of carboxylic acid groups (broad SMARTS) is 1. The van der Waals surface area contributed by atoms with Crippen LogP contribution in [-0.2, 0) is 4.79 Å². The molecule has 0 rings (SSSR count). The van der Waals surface area contributed by atoms with Crippen molar-refractivity contribution in [1.29, 1.82) is 0 Å². The van der Waals surface area contributed by atoms with Crippen LogP contribution < -0.4 is 0 Å². The van der Waals surface area contributed by atoms with Crippen LogP contribution in [0, 0.1) is 10.1 Å². The molecule has 0 fully saturated rings. The van der Waals surface area contributed by atoms with E-state index >= 15 is 0 Å². The number of alkyl halides is 1. The Morgan fingerprint density at radius 3 is 2.44 bits per heavy atom. The van der Waals surface area contributed by atoms with Gasteiger partial charge in [0.1, 0.15) is 0 Å².